The number of ether oxygens (including phenoxy) is 1. The largest absolute Gasteiger partial charge is 0.468 e. The van der Waals surface area contributed by atoms with Crippen LogP contribution in [0.25, 0.3) is 10.2 Å². The number of nitro groups is 1. The van der Waals surface area contributed by atoms with E-state index < -0.39 is 10.9 Å². The Morgan fingerprint density at radius 1 is 1.58 bits per heavy atom. The predicted molar refractivity (Wildman–Crippen MR) is 71.5 cm³/mol. The zero-order valence-electron chi connectivity index (χ0n) is 10.3. The van der Waals surface area contributed by atoms with Crippen molar-refractivity contribution in [1.82, 2.24) is 4.98 Å². The summed E-state index contributed by atoms with van der Waals surface area (Å²) in [5.41, 5.74) is 0.841. The van der Waals surface area contributed by atoms with Crippen molar-refractivity contribution in [3.8, 4) is 0 Å². The number of nitrogens with zero attached hydrogens (tertiary/aromatic N) is 2. The molecular formula is C11H11N3O4S. The van der Waals surface area contributed by atoms with E-state index in [1.165, 1.54) is 24.5 Å². The van der Waals surface area contributed by atoms with Gasteiger partial charge in [-0.3, -0.25) is 14.9 Å². The van der Waals surface area contributed by atoms with Gasteiger partial charge in [-0.2, -0.15) is 0 Å². The number of fused-ring (bicyclic) bond motifs is 1. The average molecular weight is 281 g/mol. The molecule has 0 spiro atoms. The fourth-order valence-electron chi connectivity index (χ4n) is 1.61. The smallest absolute Gasteiger partial charge is 0.325 e. The second-order valence-electron chi connectivity index (χ2n) is 3.76. The highest BCUT2D eigenvalue weighted by Crippen LogP contribution is 2.32. The maximum atomic E-state index is 11.1. The number of nitrogens with one attached hydrogen (secondary N) is 1. The van der Waals surface area contributed by atoms with Crippen LogP contribution in [-0.2, 0) is 9.53 Å². The van der Waals surface area contributed by atoms with Gasteiger partial charge in [-0.05, 0) is 13.0 Å². The number of benzene rings is 1. The summed E-state index contributed by atoms with van der Waals surface area (Å²) in [6.07, 6.45) is 0. The molecular weight excluding hydrogens is 270 g/mol. The van der Waals surface area contributed by atoms with Crippen LogP contribution >= 0.6 is 11.3 Å². The summed E-state index contributed by atoms with van der Waals surface area (Å²) in [5, 5.41) is 14.5. The van der Waals surface area contributed by atoms with Gasteiger partial charge in [-0.1, -0.05) is 0 Å². The maximum absolute atomic E-state index is 11.1. The van der Waals surface area contributed by atoms with E-state index in [-0.39, 0.29) is 17.9 Å². The van der Waals surface area contributed by atoms with E-state index in [9.17, 15) is 14.9 Å². The lowest BCUT2D eigenvalue weighted by Crippen LogP contribution is -2.15. The molecule has 0 bridgehead atoms. The van der Waals surface area contributed by atoms with Crippen molar-refractivity contribution in [3.05, 3.63) is 27.3 Å². The third kappa shape index (κ3) is 2.79. The second-order valence-corrected chi connectivity index (χ2v) is 4.99. The molecule has 2 aromatic rings. The number of methoxy groups -OCH3 is 1. The summed E-state index contributed by atoms with van der Waals surface area (Å²) in [7, 11) is 1.26. The summed E-state index contributed by atoms with van der Waals surface area (Å²) < 4.78 is 5.22. The molecule has 1 N–H and O–H groups in total. The van der Waals surface area contributed by atoms with Crippen LogP contribution in [0.5, 0.6) is 0 Å². The van der Waals surface area contributed by atoms with Gasteiger partial charge in [0.1, 0.15) is 12.2 Å². The molecule has 0 aliphatic rings. The molecule has 0 aliphatic carbocycles. The number of hydrogen-bond acceptors (Lipinski definition) is 7. The molecule has 0 saturated heterocycles. The number of aromatic nitrogens is 1. The summed E-state index contributed by atoms with van der Waals surface area (Å²) in [5.74, 6) is -0.496. The van der Waals surface area contributed by atoms with E-state index >= 15 is 0 Å². The van der Waals surface area contributed by atoms with Crippen molar-refractivity contribution in [1.29, 1.82) is 0 Å². The van der Waals surface area contributed by atoms with Gasteiger partial charge in [0.15, 0.2) is 0 Å². The number of aryl methyl sites for hydroxylation is 1. The van der Waals surface area contributed by atoms with Crippen LogP contribution in [0.4, 0.5) is 11.4 Å². The molecule has 8 heteroatoms. The van der Waals surface area contributed by atoms with Crippen molar-refractivity contribution >= 4 is 38.9 Å². The molecule has 0 radical (unpaired) electrons. The first-order valence-corrected chi connectivity index (χ1v) is 6.19. The number of carbonyl (C=O) groups is 1. The van der Waals surface area contributed by atoms with E-state index in [4.69, 9.17) is 0 Å². The molecule has 0 amide bonds. The normalized spacial score (nSPS) is 10.4. The van der Waals surface area contributed by atoms with Gasteiger partial charge in [0, 0.05) is 6.07 Å². The Bertz CT molecular complexity index is 653. The molecule has 0 fully saturated rings. The summed E-state index contributed by atoms with van der Waals surface area (Å²) in [6.45, 7) is 1.70. The van der Waals surface area contributed by atoms with E-state index in [0.29, 0.717) is 5.52 Å². The number of esters is 1. The van der Waals surface area contributed by atoms with Crippen molar-refractivity contribution in [3.63, 3.8) is 0 Å². The summed E-state index contributed by atoms with van der Waals surface area (Å²) >= 11 is 1.39. The first kappa shape index (κ1) is 13.2. The third-order valence-electron chi connectivity index (χ3n) is 2.46. The van der Waals surface area contributed by atoms with Crippen molar-refractivity contribution in [2.24, 2.45) is 0 Å². The van der Waals surface area contributed by atoms with Crippen LogP contribution in [0.3, 0.4) is 0 Å². The Morgan fingerprint density at radius 2 is 2.32 bits per heavy atom. The van der Waals surface area contributed by atoms with Gasteiger partial charge in [-0.15, -0.1) is 11.3 Å². The minimum atomic E-state index is -0.496. The van der Waals surface area contributed by atoms with Crippen molar-refractivity contribution in [2.45, 2.75) is 6.92 Å². The third-order valence-corrected chi connectivity index (χ3v) is 3.39. The highest BCUT2D eigenvalue weighted by molar-refractivity contribution is 7.18. The standard InChI is InChI=1S/C11H11N3O4S/c1-6-13-8-3-7(12-5-11(15)18-2)9(14(16)17)4-10(8)19-6/h3-4,12H,5H2,1-2H3. The number of thiazole rings is 1. The van der Waals surface area contributed by atoms with E-state index in [1.54, 1.807) is 6.07 Å². The molecule has 2 rings (SSSR count). The molecule has 1 aromatic heterocycles. The summed E-state index contributed by atoms with van der Waals surface area (Å²) in [6, 6.07) is 3.03. The van der Waals surface area contributed by atoms with E-state index in [0.717, 1.165) is 9.71 Å². The lowest BCUT2D eigenvalue weighted by molar-refractivity contribution is -0.383. The first-order chi connectivity index (χ1) is 9.01. The fraction of sp³-hybridized carbons (Fsp3) is 0.273. The van der Waals surface area contributed by atoms with E-state index in [1.807, 2.05) is 6.92 Å². The highest BCUT2D eigenvalue weighted by Gasteiger charge is 2.17. The van der Waals surface area contributed by atoms with Crippen LogP contribution in [-0.4, -0.2) is 29.5 Å². The zero-order valence-corrected chi connectivity index (χ0v) is 11.1. The van der Waals surface area contributed by atoms with Gasteiger partial charge in [0.05, 0.1) is 27.3 Å². The Morgan fingerprint density at radius 3 is 2.95 bits per heavy atom. The Hall–Kier alpha value is -2.22. The van der Waals surface area contributed by atoms with Crippen LogP contribution in [0.15, 0.2) is 12.1 Å². The maximum Gasteiger partial charge on any atom is 0.325 e. The molecule has 0 aliphatic heterocycles. The quantitative estimate of drug-likeness (QED) is 0.524. The number of rotatable bonds is 4. The lowest BCUT2D eigenvalue weighted by Gasteiger charge is -2.05. The number of carbonyl (C=O) groups excluding carboxylic acids is 1. The zero-order chi connectivity index (χ0) is 14.0. The minimum absolute atomic E-state index is 0.0833. The Balaban J connectivity index is 2.41. The Labute approximate surface area is 112 Å². The molecule has 7 nitrogen and oxygen atoms in total. The monoisotopic (exact) mass is 281 g/mol. The molecule has 1 heterocycles. The lowest BCUT2D eigenvalue weighted by atomic mass is 10.2. The molecule has 0 saturated carbocycles. The molecule has 19 heavy (non-hydrogen) atoms. The van der Waals surface area contributed by atoms with Gasteiger partial charge in [-0.25, -0.2) is 4.98 Å². The topological polar surface area (TPSA) is 94.4 Å². The van der Waals surface area contributed by atoms with Crippen LogP contribution < -0.4 is 5.32 Å². The minimum Gasteiger partial charge on any atom is -0.468 e. The van der Waals surface area contributed by atoms with Gasteiger partial charge in [0.2, 0.25) is 0 Å². The Kier molecular flexibility index (Phi) is 3.61. The second kappa shape index (κ2) is 5.19. The van der Waals surface area contributed by atoms with Gasteiger partial charge < -0.3 is 10.1 Å². The number of anilines is 1. The first-order valence-electron chi connectivity index (χ1n) is 5.37. The van der Waals surface area contributed by atoms with Gasteiger partial charge in [0.25, 0.3) is 5.69 Å². The molecule has 0 atom stereocenters. The van der Waals surface area contributed by atoms with Crippen LogP contribution in [0.1, 0.15) is 5.01 Å². The summed E-state index contributed by atoms with van der Waals surface area (Å²) in [4.78, 5) is 25.9. The van der Waals surface area contributed by atoms with Crippen LogP contribution in [0.2, 0.25) is 0 Å². The molecule has 0 unspecified atom stereocenters. The van der Waals surface area contributed by atoms with Crippen LogP contribution in [0, 0.1) is 17.0 Å². The highest BCUT2D eigenvalue weighted by atomic mass is 32.1. The predicted octanol–water partition coefficient (Wildman–Crippen LogP) is 2.10. The van der Waals surface area contributed by atoms with Crippen molar-refractivity contribution < 1.29 is 14.5 Å². The fourth-order valence-corrected chi connectivity index (χ4v) is 2.45. The number of nitro benzene ring substituents is 1. The molecule has 100 valence electrons. The SMILES string of the molecule is COC(=O)CNc1cc2nc(C)sc2cc1[N+](=O)[O-]. The average Bonchev–Trinajstić information content (AvgIpc) is 2.73. The van der Waals surface area contributed by atoms with Crippen molar-refractivity contribution in [2.75, 3.05) is 19.0 Å². The van der Waals surface area contributed by atoms with E-state index in [2.05, 4.69) is 15.0 Å². The molecule has 1 aromatic carbocycles. The van der Waals surface area contributed by atoms with Gasteiger partial charge >= 0.3 is 5.97 Å². The number of hydrogen-bond donors (Lipinski definition) is 1.